The van der Waals surface area contributed by atoms with Crippen LogP contribution in [-0.4, -0.2) is 23.5 Å². The van der Waals surface area contributed by atoms with E-state index in [1.54, 1.807) is 19.1 Å². The van der Waals surface area contributed by atoms with Crippen LogP contribution in [-0.2, 0) is 9.53 Å². The van der Waals surface area contributed by atoms with E-state index in [0.717, 1.165) is 27.7 Å². The molecule has 124 valence electrons. The molecule has 2 aromatic carbocycles. The van der Waals surface area contributed by atoms with Crippen molar-refractivity contribution in [3.05, 3.63) is 65.4 Å². The molecule has 1 aromatic heterocycles. The predicted octanol–water partition coefficient (Wildman–Crippen LogP) is 3.84. The lowest BCUT2D eigenvalue weighted by Gasteiger charge is -2.02. The average Bonchev–Trinajstić information content (AvgIpc) is 3.16. The Labute approximate surface area is 144 Å². The summed E-state index contributed by atoms with van der Waals surface area (Å²) in [6.45, 7) is 2.11. The van der Waals surface area contributed by atoms with Gasteiger partial charge in [0.1, 0.15) is 0 Å². The van der Waals surface area contributed by atoms with Gasteiger partial charge in [-0.25, -0.2) is 4.79 Å². The molecule has 0 radical (unpaired) electrons. The van der Waals surface area contributed by atoms with Crippen molar-refractivity contribution in [3.8, 4) is 0 Å². The van der Waals surface area contributed by atoms with Gasteiger partial charge in [-0.3, -0.25) is 4.79 Å². The summed E-state index contributed by atoms with van der Waals surface area (Å²) in [6.07, 6.45) is 3.68. The molecule has 25 heavy (non-hydrogen) atoms. The Bertz CT molecular complexity index is 1030. The highest BCUT2D eigenvalue weighted by Crippen LogP contribution is 2.34. The van der Waals surface area contributed by atoms with Crippen LogP contribution in [0, 0.1) is 0 Å². The second-order valence-corrected chi connectivity index (χ2v) is 5.78. The van der Waals surface area contributed by atoms with Crippen LogP contribution < -0.4 is 5.32 Å². The summed E-state index contributed by atoms with van der Waals surface area (Å²) in [5.41, 5.74) is 4.53. The van der Waals surface area contributed by atoms with Crippen molar-refractivity contribution < 1.29 is 14.3 Å². The predicted molar refractivity (Wildman–Crippen MR) is 97.2 cm³/mol. The van der Waals surface area contributed by atoms with Gasteiger partial charge in [0.25, 0.3) is 5.91 Å². The van der Waals surface area contributed by atoms with Crippen molar-refractivity contribution in [2.75, 3.05) is 11.9 Å². The Hall–Kier alpha value is -3.34. The molecule has 4 rings (SSSR count). The second kappa shape index (κ2) is 5.94. The lowest BCUT2D eigenvalue weighted by Crippen LogP contribution is -2.04. The number of benzene rings is 2. The van der Waals surface area contributed by atoms with E-state index in [-0.39, 0.29) is 11.9 Å². The Morgan fingerprint density at radius 1 is 1.20 bits per heavy atom. The quantitative estimate of drug-likeness (QED) is 0.565. The highest BCUT2D eigenvalue weighted by molar-refractivity contribution is 6.35. The fourth-order valence-corrected chi connectivity index (χ4v) is 3.04. The van der Waals surface area contributed by atoms with Crippen LogP contribution in [0.1, 0.15) is 28.4 Å². The van der Waals surface area contributed by atoms with Crippen LogP contribution in [0.25, 0.3) is 22.6 Å². The van der Waals surface area contributed by atoms with E-state index in [2.05, 4.69) is 10.3 Å². The topological polar surface area (TPSA) is 71.2 Å². The maximum Gasteiger partial charge on any atom is 0.338 e. The van der Waals surface area contributed by atoms with Crippen molar-refractivity contribution in [1.82, 2.24) is 4.98 Å². The van der Waals surface area contributed by atoms with Gasteiger partial charge < -0.3 is 15.0 Å². The molecule has 1 amide bonds. The molecule has 0 unspecified atom stereocenters. The lowest BCUT2D eigenvalue weighted by atomic mass is 10.0. The van der Waals surface area contributed by atoms with Gasteiger partial charge in [-0.05, 0) is 37.3 Å². The molecule has 1 aliphatic rings. The number of carbonyl (C=O) groups excluding carboxylic acids is 2. The Kier molecular flexibility index (Phi) is 3.61. The summed E-state index contributed by atoms with van der Waals surface area (Å²) in [7, 11) is 0. The molecule has 5 nitrogen and oxygen atoms in total. The third kappa shape index (κ3) is 2.59. The molecule has 1 aliphatic heterocycles. The van der Waals surface area contributed by atoms with Crippen LogP contribution >= 0.6 is 0 Å². The first kappa shape index (κ1) is 15.2. The minimum atomic E-state index is -0.354. The van der Waals surface area contributed by atoms with Crippen molar-refractivity contribution in [2.45, 2.75) is 6.92 Å². The minimum Gasteiger partial charge on any atom is -0.462 e. The highest BCUT2D eigenvalue weighted by Gasteiger charge is 2.23. The van der Waals surface area contributed by atoms with Crippen LogP contribution in [0.2, 0.25) is 0 Å². The van der Waals surface area contributed by atoms with Crippen molar-refractivity contribution in [1.29, 1.82) is 0 Å². The summed E-state index contributed by atoms with van der Waals surface area (Å²) in [5, 5.41) is 3.73. The highest BCUT2D eigenvalue weighted by atomic mass is 16.5. The Morgan fingerprint density at radius 2 is 2.04 bits per heavy atom. The third-order valence-electron chi connectivity index (χ3n) is 4.23. The number of hydrogen-bond donors (Lipinski definition) is 2. The molecular formula is C20H16N2O3. The number of nitrogens with one attached hydrogen (secondary N) is 2. The molecule has 0 fully saturated rings. The number of aromatic nitrogens is 1. The van der Waals surface area contributed by atoms with Gasteiger partial charge in [-0.2, -0.15) is 0 Å². The molecular weight excluding hydrogens is 316 g/mol. The molecule has 0 saturated carbocycles. The van der Waals surface area contributed by atoms with E-state index in [0.29, 0.717) is 17.7 Å². The minimum absolute atomic E-state index is 0.128. The van der Waals surface area contributed by atoms with Crippen LogP contribution in [0.4, 0.5) is 5.69 Å². The fraction of sp³-hybridized carbons (Fsp3) is 0.100. The van der Waals surface area contributed by atoms with Crippen molar-refractivity contribution in [3.63, 3.8) is 0 Å². The summed E-state index contributed by atoms with van der Waals surface area (Å²) in [5.74, 6) is -0.481. The zero-order valence-corrected chi connectivity index (χ0v) is 13.6. The van der Waals surface area contributed by atoms with Gasteiger partial charge in [0.15, 0.2) is 0 Å². The molecule has 3 aromatic rings. The average molecular weight is 332 g/mol. The normalized spacial score (nSPS) is 14.6. The number of amides is 1. The number of anilines is 1. The molecule has 2 N–H and O–H groups in total. The molecule has 0 bridgehead atoms. The monoisotopic (exact) mass is 332 g/mol. The summed E-state index contributed by atoms with van der Waals surface area (Å²) in [4.78, 5) is 27.4. The largest absolute Gasteiger partial charge is 0.462 e. The maximum absolute atomic E-state index is 12.3. The number of rotatable bonds is 3. The second-order valence-electron chi connectivity index (χ2n) is 5.78. The molecule has 0 aliphatic carbocycles. The summed E-state index contributed by atoms with van der Waals surface area (Å²) in [6, 6.07) is 12.9. The number of carbonyl (C=O) groups is 2. The zero-order chi connectivity index (χ0) is 17.4. The summed E-state index contributed by atoms with van der Waals surface area (Å²) >= 11 is 0. The van der Waals surface area contributed by atoms with Gasteiger partial charge in [-0.15, -0.1) is 0 Å². The van der Waals surface area contributed by atoms with Crippen molar-refractivity contribution in [2.24, 2.45) is 0 Å². The van der Waals surface area contributed by atoms with E-state index in [1.165, 1.54) is 0 Å². The Balaban J connectivity index is 1.81. The smallest absolute Gasteiger partial charge is 0.338 e. The summed E-state index contributed by atoms with van der Waals surface area (Å²) < 4.78 is 5.06. The maximum atomic E-state index is 12.3. The van der Waals surface area contributed by atoms with Crippen molar-refractivity contribution >= 4 is 40.1 Å². The zero-order valence-electron chi connectivity index (χ0n) is 13.6. The van der Waals surface area contributed by atoms with E-state index < -0.39 is 0 Å². The molecule has 5 heteroatoms. The number of fused-ring (bicyclic) bond motifs is 2. The third-order valence-corrected chi connectivity index (χ3v) is 4.23. The fourth-order valence-electron chi connectivity index (χ4n) is 3.04. The number of hydrogen-bond acceptors (Lipinski definition) is 3. The van der Waals surface area contributed by atoms with Gasteiger partial charge in [0, 0.05) is 39.5 Å². The van der Waals surface area contributed by atoms with Crippen LogP contribution in [0.5, 0.6) is 0 Å². The first-order valence-corrected chi connectivity index (χ1v) is 8.08. The van der Waals surface area contributed by atoms with E-state index in [9.17, 15) is 9.59 Å². The standard InChI is InChI=1S/C20H16N2O3/c1-2-25-20(24)12-7-8-17-15(9-12)13(11-21-17)10-16-14-5-3-4-6-18(14)22-19(16)23/h3-11,21H,2H2,1H3,(H,22,23). The number of H-pyrrole nitrogens is 1. The Morgan fingerprint density at radius 3 is 2.88 bits per heavy atom. The first-order chi connectivity index (χ1) is 12.2. The van der Waals surface area contributed by atoms with E-state index in [1.807, 2.05) is 42.6 Å². The number of para-hydroxylation sites is 1. The van der Waals surface area contributed by atoms with Gasteiger partial charge in [0.05, 0.1) is 12.2 Å². The molecule has 0 saturated heterocycles. The SMILES string of the molecule is CCOC(=O)c1ccc2[nH]cc(C=C3C(=O)Nc4ccccc43)c2c1. The van der Waals surface area contributed by atoms with E-state index in [4.69, 9.17) is 4.74 Å². The lowest BCUT2D eigenvalue weighted by molar-refractivity contribution is -0.110. The van der Waals surface area contributed by atoms with Crippen LogP contribution in [0.15, 0.2) is 48.7 Å². The number of aromatic amines is 1. The van der Waals surface area contributed by atoms with Gasteiger partial charge >= 0.3 is 5.97 Å². The van der Waals surface area contributed by atoms with E-state index >= 15 is 0 Å². The number of esters is 1. The van der Waals surface area contributed by atoms with Gasteiger partial charge in [-0.1, -0.05) is 18.2 Å². The first-order valence-electron chi connectivity index (χ1n) is 8.08. The van der Waals surface area contributed by atoms with Gasteiger partial charge in [0.2, 0.25) is 0 Å². The number of ether oxygens (including phenoxy) is 1. The van der Waals surface area contributed by atoms with Crippen LogP contribution in [0.3, 0.4) is 0 Å². The molecule has 0 atom stereocenters. The molecule has 2 heterocycles. The molecule has 0 spiro atoms.